The van der Waals surface area contributed by atoms with Crippen molar-refractivity contribution in [1.82, 2.24) is 4.98 Å². The van der Waals surface area contributed by atoms with Crippen LogP contribution in [0.2, 0.25) is 0 Å². The smallest absolute Gasteiger partial charge is 0.338 e. The Morgan fingerprint density at radius 3 is 2.35 bits per heavy atom. The van der Waals surface area contributed by atoms with Gasteiger partial charge in [-0.15, -0.1) is 0 Å². The number of amides is 3. The maximum absolute atomic E-state index is 13.1. The zero-order chi connectivity index (χ0) is 26.1. The highest BCUT2D eigenvalue weighted by atomic mass is 16.5. The highest BCUT2D eigenvalue weighted by Crippen LogP contribution is 2.30. The average molecular weight is 495 g/mol. The topological polar surface area (TPSA) is 119 Å². The van der Waals surface area contributed by atoms with Gasteiger partial charge in [-0.1, -0.05) is 18.2 Å². The normalized spacial score (nSPS) is 12.4. The summed E-state index contributed by atoms with van der Waals surface area (Å²) in [5.41, 5.74) is 2.60. The van der Waals surface area contributed by atoms with Gasteiger partial charge in [0, 0.05) is 18.2 Å². The largest absolute Gasteiger partial charge is 0.455 e. The highest BCUT2D eigenvalue weighted by molar-refractivity contribution is 6.34. The summed E-state index contributed by atoms with van der Waals surface area (Å²) in [5.74, 6) is -0.994. The second-order valence-corrected chi connectivity index (χ2v) is 8.40. The Balaban J connectivity index is 1.30. The van der Waals surface area contributed by atoms with Gasteiger partial charge in [-0.2, -0.15) is 0 Å². The average Bonchev–Trinajstić information content (AvgIpc) is 3.39. The molecular weight excluding hydrogens is 474 g/mol. The van der Waals surface area contributed by atoms with Crippen molar-refractivity contribution < 1.29 is 28.3 Å². The summed E-state index contributed by atoms with van der Waals surface area (Å²) in [6.07, 6.45) is 0. The molecule has 0 saturated carbocycles. The summed E-state index contributed by atoms with van der Waals surface area (Å²) < 4.78 is 11.1. The lowest BCUT2D eigenvalue weighted by Crippen LogP contribution is -2.29. The van der Waals surface area contributed by atoms with Crippen LogP contribution in [0.3, 0.4) is 0 Å². The van der Waals surface area contributed by atoms with Gasteiger partial charge >= 0.3 is 5.97 Å². The Hall–Kier alpha value is -5.05. The Bertz CT molecular complexity index is 1540. The van der Waals surface area contributed by atoms with Crippen LogP contribution in [0.4, 0.5) is 11.4 Å². The predicted octanol–water partition coefficient (Wildman–Crippen LogP) is 4.77. The van der Waals surface area contributed by atoms with E-state index in [0.29, 0.717) is 28.7 Å². The maximum Gasteiger partial charge on any atom is 0.338 e. The van der Waals surface area contributed by atoms with Crippen LogP contribution in [0.5, 0.6) is 0 Å². The number of nitrogens with zero attached hydrogens (tertiary/aromatic N) is 2. The fourth-order valence-electron chi connectivity index (χ4n) is 3.98. The van der Waals surface area contributed by atoms with Gasteiger partial charge in [-0.05, 0) is 61.5 Å². The number of carbonyl (C=O) groups excluding carboxylic acids is 4. The summed E-state index contributed by atoms with van der Waals surface area (Å²) in [6, 6.07) is 19.9. The van der Waals surface area contributed by atoms with Crippen molar-refractivity contribution in [3.8, 4) is 11.5 Å². The molecule has 3 aromatic carbocycles. The molecule has 37 heavy (non-hydrogen) atoms. The highest BCUT2D eigenvalue weighted by Gasteiger charge is 2.37. The lowest BCUT2D eigenvalue weighted by atomic mass is 10.1. The molecule has 9 heteroatoms. The van der Waals surface area contributed by atoms with Gasteiger partial charge in [-0.25, -0.2) is 14.7 Å². The molecule has 0 bridgehead atoms. The molecule has 9 nitrogen and oxygen atoms in total. The summed E-state index contributed by atoms with van der Waals surface area (Å²) in [5, 5.41) is 2.63. The molecule has 1 aliphatic heterocycles. The lowest BCUT2D eigenvalue weighted by molar-refractivity contribution is -0.114. The van der Waals surface area contributed by atoms with Crippen molar-refractivity contribution >= 4 is 35.1 Å². The lowest BCUT2D eigenvalue weighted by Gasteiger charge is -2.14. The van der Waals surface area contributed by atoms with Crippen molar-refractivity contribution in [1.29, 1.82) is 0 Å². The number of hydrogen-bond acceptors (Lipinski definition) is 7. The standard InChI is InChI=1S/C28H21N3O6/c1-16-24(30-25(37-16)18-6-4-3-5-7-18)15-36-28(35)19-8-13-22-23(14-19)27(34)31(26(22)33)21-11-9-20(10-12-21)29-17(2)32/h3-14H,15H2,1-2H3,(H,29,32). The molecule has 0 saturated heterocycles. The van der Waals surface area contributed by atoms with Crippen LogP contribution in [0.1, 0.15) is 49.5 Å². The van der Waals surface area contributed by atoms with E-state index in [1.165, 1.54) is 25.1 Å². The number of nitrogens with one attached hydrogen (secondary N) is 1. The number of aryl methyl sites for hydroxylation is 1. The van der Waals surface area contributed by atoms with E-state index < -0.39 is 17.8 Å². The Kier molecular flexibility index (Phi) is 6.10. The van der Waals surface area contributed by atoms with Gasteiger partial charge in [0.15, 0.2) is 0 Å². The van der Waals surface area contributed by atoms with Crippen LogP contribution in [-0.2, 0) is 16.1 Å². The van der Waals surface area contributed by atoms with Crippen molar-refractivity contribution in [2.24, 2.45) is 0 Å². The van der Waals surface area contributed by atoms with E-state index in [1.807, 2.05) is 30.3 Å². The third-order valence-corrected chi connectivity index (χ3v) is 5.82. The quantitative estimate of drug-likeness (QED) is 0.302. The molecule has 1 N–H and O–H groups in total. The zero-order valence-electron chi connectivity index (χ0n) is 20.0. The molecule has 0 fully saturated rings. The number of fused-ring (bicyclic) bond motifs is 1. The fraction of sp³-hybridized carbons (Fsp3) is 0.107. The summed E-state index contributed by atoms with van der Waals surface area (Å²) in [6.45, 7) is 3.01. The number of anilines is 2. The third-order valence-electron chi connectivity index (χ3n) is 5.82. The summed E-state index contributed by atoms with van der Waals surface area (Å²) in [7, 11) is 0. The second-order valence-electron chi connectivity index (χ2n) is 8.40. The van der Waals surface area contributed by atoms with Crippen LogP contribution < -0.4 is 10.2 Å². The van der Waals surface area contributed by atoms with E-state index >= 15 is 0 Å². The molecule has 184 valence electrons. The van der Waals surface area contributed by atoms with Gasteiger partial charge < -0.3 is 14.5 Å². The molecular formula is C28H21N3O6. The molecule has 1 aliphatic rings. The van der Waals surface area contributed by atoms with Gasteiger partial charge in [-0.3, -0.25) is 14.4 Å². The first-order valence-electron chi connectivity index (χ1n) is 11.4. The van der Waals surface area contributed by atoms with Crippen molar-refractivity contribution in [2.75, 3.05) is 10.2 Å². The van der Waals surface area contributed by atoms with E-state index in [4.69, 9.17) is 9.15 Å². The summed E-state index contributed by atoms with van der Waals surface area (Å²) >= 11 is 0. The minimum Gasteiger partial charge on any atom is -0.455 e. The van der Waals surface area contributed by atoms with Crippen LogP contribution in [-0.4, -0.2) is 28.7 Å². The van der Waals surface area contributed by atoms with Crippen molar-refractivity contribution in [3.05, 3.63) is 101 Å². The van der Waals surface area contributed by atoms with Gasteiger partial charge in [0.1, 0.15) is 18.1 Å². The van der Waals surface area contributed by atoms with Crippen LogP contribution in [0.25, 0.3) is 11.5 Å². The number of imide groups is 1. The SMILES string of the molecule is CC(=O)Nc1ccc(N2C(=O)c3ccc(C(=O)OCc4nc(-c5ccccc5)oc4C)cc3C2=O)cc1. The Morgan fingerprint density at radius 2 is 1.65 bits per heavy atom. The van der Waals surface area contributed by atoms with Gasteiger partial charge in [0.25, 0.3) is 11.8 Å². The number of aromatic nitrogens is 1. The fourth-order valence-corrected chi connectivity index (χ4v) is 3.98. The van der Waals surface area contributed by atoms with Crippen LogP contribution in [0.15, 0.2) is 77.2 Å². The minimum absolute atomic E-state index is 0.106. The Morgan fingerprint density at radius 1 is 0.946 bits per heavy atom. The molecule has 0 radical (unpaired) electrons. The number of carbonyl (C=O) groups is 4. The number of ether oxygens (including phenoxy) is 1. The molecule has 1 aromatic heterocycles. The van der Waals surface area contributed by atoms with Crippen molar-refractivity contribution in [2.45, 2.75) is 20.5 Å². The van der Waals surface area contributed by atoms with Gasteiger partial charge in [0.05, 0.1) is 22.4 Å². The van der Waals surface area contributed by atoms with E-state index in [9.17, 15) is 19.2 Å². The molecule has 0 aliphatic carbocycles. The monoisotopic (exact) mass is 495 g/mol. The number of esters is 1. The van der Waals surface area contributed by atoms with E-state index in [0.717, 1.165) is 10.5 Å². The number of benzene rings is 3. The van der Waals surface area contributed by atoms with Crippen LogP contribution in [0, 0.1) is 6.92 Å². The molecule has 2 heterocycles. The first-order chi connectivity index (χ1) is 17.8. The number of oxazole rings is 1. The van der Waals surface area contributed by atoms with E-state index in [2.05, 4.69) is 10.3 Å². The molecule has 0 unspecified atom stereocenters. The van der Waals surface area contributed by atoms with E-state index in [1.54, 1.807) is 31.2 Å². The number of hydrogen-bond donors (Lipinski definition) is 1. The first kappa shape index (κ1) is 23.7. The van der Waals surface area contributed by atoms with Gasteiger partial charge in [0.2, 0.25) is 11.8 Å². The maximum atomic E-state index is 13.1. The third kappa shape index (κ3) is 4.62. The molecule has 0 spiro atoms. The predicted molar refractivity (Wildman–Crippen MR) is 134 cm³/mol. The molecule has 4 aromatic rings. The number of rotatable bonds is 6. The van der Waals surface area contributed by atoms with E-state index in [-0.39, 0.29) is 29.2 Å². The summed E-state index contributed by atoms with van der Waals surface area (Å²) in [4.78, 5) is 55.4. The zero-order valence-corrected chi connectivity index (χ0v) is 20.0. The molecule has 5 rings (SSSR count). The minimum atomic E-state index is -0.662. The Labute approximate surface area is 211 Å². The van der Waals surface area contributed by atoms with Crippen LogP contribution >= 0.6 is 0 Å². The molecule has 3 amide bonds. The first-order valence-corrected chi connectivity index (χ1v) is 11.4. The molecule has 0 atom stereocenters. The van der Waals surface area contributed by atoms with Crippen molar-refractivity contribution in [3.63, 3.8) is 0 Å². The second kappa shape index (κ2) is 9.54.